The Morgan fingerprint density at radius 1 is 1.22 bits per heavy atom. The van der Waals surface area contributed by atoms with Gasteiger partial charge in [0.1, 0.15) is 23.6 Å². The molecule has 3 rings (SSSR count). The predicted octanol–water partition coefficient (Wildman–Crippen LogP) is 5.25. The van der Waals surface area contributed by atoms with Crippen LogP contribution < -0.4 is 10.1 Å². The zero-order valence-electron chi connectivity index (χ0n) is 14.8. The lowest BCUT2D eigenvalue weighted by molar-refractivity contribution is -0.386. The van der Waals surface area contributed by atoms with E-state index in [1.54, 1.807) is 20.8 Å². The molecule has 0 aliphatic rings. The van der Waals surface area contributed by atoms with Gasteiger partial charge in [0.2, 0.25) is 0 Å². The summed E-state index contributed by atoms with van der Waals surface area (Å²) in [5.74, 6) is -0.100. The number of aromatic nitrogens is 2. The first-order valence-electron chi connectivity index (χ1n) is 7.98. The minimum atomic E-state index is -0.614. The Morgan fingerprint density at radius 3 is 2.59 bits per heavy atom. The molecule has 0 aliphatic heterocycles. The third kappa shape index (κ3) is 4.22. The van der Waals surface area contributed by atoms with E-state index in [2.05, 4.69) is 15.3 Å². The molecule has 140 valence electrons. The summed E-state index contributed by atoms with van der Waals surface area (Å²) in [6, 6.07) is 6.95. The molecule has 0 fully saturated rings. The highest BCUT2D eigenvalue weighted by atomic mass is 35.5. The van der Waals surface area contributed by atoms with E-state index in [0.29, 0.717) is 22.4 Å². The van der Waals surface area contributed by atoms with Crippen LogP contribution in [0.15, 0.2) is 36.7 Å². The lowest BCUT2D eigenvalue weighted by Gasteiger charge is -2.21. The molecular formula is C18H16ClFN4O3. The average Bonchev–Trinajstić information content (AvgIpc) is 2.56. The summed E-state index contributed by atoms with van der Waals surface area (Å²) < 4.78 is 19.0. The normalized spacial score (nSPS) is 11.4. The molecular weight excluding hydrogens is 375 g/mol. The number of halogens is 2. The van der Waals surface area contributed by atoms with Crippen LogP contribution in [0.5, 0.6) is 5.75 Å². The maximum absolute atomic E-state index is 13.3. The number of nitrogens with zero attached hydrogens (tertiary/aromatic N) is 3. The second-order valence-corrected chi connectivity index (χ2v) is 7.19. The summed E-state index contributed by atoms with van der Waals surface area (Å²) in [5, 5.41) is 14.9. The fraction of sp³-hybridized carbons (Fsp3) is 0.222. The number of rotatable bonds is 4. The monoisotopic (exact) mass is 390 g/mol. The highest BCUT2D eigenvalue weighted by Crippen LogP contribution is 2.36. The van der Waals surface area contributed by atoms with Crippen LogP contribution in [0.4, 0.5) is 21.6 Å². The van der Waals surface area contributed by atoms with Crippen molar-refractivity contribution in [3.05, 3.63) is 57.6 Å². The van der Waals surface area contributed by atoms with Crippen molar-refractivity contribution >= 4 is 39.7 Å². The molecule has 0 aliphatic carbocycles. The van der Waals surface area contributed by atoms with Gasteiger partial charge >= 0.3 is 5.69 Å². The van der Waals surface area contributed by atoms with E-state index < -0.39 is 16.3 Å². The smallest absolute Gasteiger partial charge is 0.311 e. The first kappa shape index (κ1) is 18.8. The van der Waals surface area contributed by atoms with E-state index in [9.17, 15) is 14.5 Å². The standard InChI is InChI=1S/C18H16ClFN4O3/c1-18(2,3)27-16-8-14-11(7-15(16)24(25)26)17(22-9-21-14)23-10-4-5-13(20)12(19)6-10/h4-9H,1-3H3,(H,21,22,23). The lowest BCUT2D eigenvalue weighted by atomic mass is 10.1. The number of hydrogen-bond donors (Lipinski definition) is 1. The Balaban J connectivity index is 2.10. The van der Waals surface area contributed by atoms with Gasteiger partial charge in [-0.25, -0.2) is 14.4 Å². The van der Waals surface area contributed by atoms with Crippen LogP contribution in [0.25, 0.3) is 10.9 Å². The van der Waals surface area contributed by atoms with Gasteiger partial charge in [0, 0.05) is 17.8 Å². The van der Waals surface area contributed by atoms with Gasteiger partial charge in [-0.05, 0) is 39.0 Å². The highest BCUT2D eigenvalue weighted by Gasteiger charge is 2.23. The van der Waals surface area contributed by atoms with Gasteiger partial charge in [-0.1, -0.05) is 11.6 Å². The van der Waals surface area contributed by atoms with Gasteiger partial charge in [0.05, 0.1) is 20.8 Å². The minimum absolute atomic E-state index is 0.0507. The van der Waals surface area contributed by atoms with Crippen molar-refractivity contribution in [3.8, 4) is 5.75 Å². The summed E-state index contributed by atoms with van der Waals surface area (Å²) in [7, 11) is 0. The van der Waals surface area contributed by atoms with Gasteiger partial charge in [0.15, 0.2) is 5.75 Å². The van der Waals surface area contributed by atoms with Crippen LogP contribution >= 0.6 is 11.6 Å². The minimum Gasteiger partial charge on any atom is -0.481 e. The first-order valence-corrected chi connectivity index (χ1v) is 8.36. The molecule has 0 unspecified atom stereocenters. The van der Waals surface area contributed by atoms with E-state index in [0.717, 1.165) is 0 Å². The molecule has 1 aromatic heterocycles. The molecule has 1 heterocycles. The summed E-state index contributed by atoms with van der Waals surface area (Å²) in [6.45, 7) is 5.39. The van der Waals surface area contributed by atoms with Gasteiger partial charge in [-0.15, -0.1) is 0 Å². The molecule has 0 saturated heterocycles. The molecule has 1 N–H and O–H groups in total. The number of nitrogens with one attached hydrogen (secondary N) is 1. The number of ether oxygens (including phenoxy) is 1. The van der Waals surface area contributed by atoms with E-state index in [-0.39, 0.29) is 16.5 Å². The Bertz CT molecular complexity index is 1040. The van der Waals surface area contributed by atoms with Gasteiger partial charge in [0.25, 0.3) is 0 Å². The molecule has 0 saturated carbocycles. The second-order valence-electron chi connectivity index (χ2n) is 6.78. The molecule has 0 bridgehead atoms. The average molecular weight is 391 g/mol. The topological polar surface area (TPSA) is 90.2 Å². The van der Waals surface area contributed by atoms with Crippen LogP contribution in [-0.2, 0) is 0 Å². The van der Waals surface area contributed by atoms with E-state index in [1.807, 2.05) is 0 Å². The number of fused-ring (bicyclic) bond motifs is 1. The van der Waals surface area contributed by atoms with Crippen LogP contribution in [0.1, 0.15) is 20.8 Å². The Kier molecular flexibility index (Phi) is 4.84. The second kappa shape index (κ2) is 6.96. The fourth-order valence-electron chi connectivity index (χ4n) is 2.44. The van der Waals surface area contributed by atoms with Crippen molar-refractivity contribution in [2.24, 2.45) is 0 Å². The maximum atomic E-state index is 13.3. The quantitative estimate of drug-likeness (QED) is 0.483. The molecule has 9 heteroatoms. The summed E-state index contributed by atoms with van der Waals surface area (Å²) in [4.78, 5) is 19.3. The Hall–Kier alpha value is -3.00. The van der Waals surface area contributed by atoms with Crippen LogP contribution in [0.3, 0.4) is 0 Å². The zero-order chi connectivity index (χ0) is 19.8. The molecule has 0 spiro atoms. The van der Waals surface area contributed by atoms with Crippen LogP contribution in [0, 0.1) is 15.9 Å². The number of hydrogen-bond acceptors (Lipinski definition) is 6. The van der Waals surface area contributed by atoms with Crippen molar-refractivity contribution in [1.29, 1.82) is 0 Å². The van der Waals surface area contributed by atoms with Crippen molar-refractivity contribution in [2.45, 2.75) is 26.4 Å². The number of nitro groups is 1. The maximum Gasteiger partial charge on any atom is 0.311 e. The fourth-order valence-corrected chi connectivity index (χ4v) is 2.62. The summed E-state index contributed by atoms with van der Waals surface area (Å²) in [6.07, 6.45) is 1.32. The van der Waals surface area contributed by atoms with Gasteiger partial charge in [-0.3, -0.25) is 10.1 Å². The molecule has 3 aromatic rings. The van der Waals surface area contributed by atoms with Crippen molar-refractivity contribution in [3.63, 3.8) is 0 Å². The Morgan fingerprint density at radius 2 is 1.96 bits per heavy atom. The lowest BCUT2D eigenvalue weighted by Crippen LogP contribution is -2.23. The highest BCUT2D eigenvalue weighted by molar-refractivity contribution is 6.31. The third-order valence-electron chi connectivity index (χ3n) is 3.51. The first-order chi connectivity index (χ1) is 12.6. The largest absolute Gasteiger partial charge is 0.481 e. The van der Waals surface area contributed by atoms with Crippen LogP contribution in [0.2, 0.25) is 5.02 Å². The van der Waals surface area contributed by atoms with Crippen molar-refractivity contribution < 1.29 is 14.1 Å². The number of anilines is 2. The molecule has 7 nitrogen and oxygen atoms in total. The molecule has 0 radical (unpaired) electrons. The molecule has 2 aromatic carbocycles. The number of nitro benzene ring substituents is 1. The van der Waals surface area contributed by atoms with Crippen molar-refractivity contribution in [1.82, 2.24) is 9.97 Å². The van der Waals surface area contributed by atoms with Gasteiger partial charge < -0.3 is 10.1 Å². The SMILES string of the molecule is CC(C)(C)Oc1cc2ncnc(Nc3ccc(F)c(Cl)c3)c2cc1[N+](=O)[O-]. The third-order valence-corrected chi connectivity index (χ3v) is 3.80. The van der Waals surface area contributed by atoms with Crippen LogP contribution in [-0.4, -0.2) is 20.5 Å². The predicted molar refractivity (Wildman–Crippen MR) is 101 cm³/mol. The summed E-state index contributed by atoms with van der Waals surface area (Å²) in [5.41, 5.74) is 0.134. The zero-order valence-corrected chi connectivity index (χ0v) is 15.5. The van der Waals surface area contributed by atoms with Gasteiger partial charge in [-0.2, -0.15) is 0 Å². The summed E-state index contributed by atoms with van der Waals surface area (Å²) >= 11 is 5.79. The van der Waals surface area contributed by atoms with Crippen molar-refractivity contribution in [2.75, 3.05) is 5.32 Å². The van der Waals surface area contributed by atoms with E-state index in [1.165, 1.54) is 36.7 Å². The van der Waals surface area contributed by atoms with E-state index in [4.69, 9.17) is 16.3 Å². The molecule has 0 atom stereocenters. The Labute approximate surface area is 159 Å². The number of benzene rings is 2. The molecule has 27 heavy (non-hydrogen) atoms. The van der Waals surface area contributed by atoms with E-state index >= 15 is 0 Å². The molecule has 0 amide bonds.